The third-order valence-corrected chi connectivity index (χ3v) is 2.99. The van der Waals surface area contributed by atoms with Crippen LogP contribution in [0.15, 0.2) is 6.07 Å². The van der Waals surface area contributed by atoms with E-state index in [1.165, 1.54) is 18.4 Å². The minimum Gasteiger partial charge on any atom is -0.500 e. The van der Waals surface area contributed by atoms with Crippen molar-refractivity contribution in [2.24, 2.45) is 5.41 Å². The summed E-state index contributed by atoms with van der Waals surface area (Å²) in [7, 11) is 1.27. The maximum atomic E-state index is 12.6. The van der Waals surface area contributed by atoms with Gasteiger partial charge in [-0.3, -0.25) is 4.79 Å². The molecule has 0 atom stereocenters. The zero-order chi connectivity index (χ0) is 17.1. The van der Waals surface area contributed by atoms with E-state index in [0.717, 1.165) is 0 Å². The molecule has 1 rings (SSSR count). The molecule has 2 N–H and O–H groups in total. The van der Waals surface area contributed by atoms with Gasteiger partial charge in [-0.05, 0) is 13.0 Å². The highest BCUT2D eigenvalue weighted by molar-refractivity contribution is 6.12. The van der Waals surface area contributed by atoms with Crippen molar-refractivity contribution >= 4 is 17.4 Å². The minimum absolute atomic E-state index is 0.102. The van der Waals surface area contributed by atoms with Crippen molar-refractivity contribution in [2.75, 3.05) is 13.7 Å². The van der Waals surface area contributed by atoms with Crippen LogP contribution < -0.4 is 9.91 Å². The summed E-state index contributed by atoms with van der Waals surface area (Å²) in [5.74, 6) is -1.89. The molecule has 7 nitrogen and oxygen atoms in total. The lowest BCUT2D eigenvalue weighted by Crippen LogP contribution is -2.57. The third kappa shape index (κ3) is 3.24. The van der Waals surface area contributed by atoms with E-state index >= 15 is 0 Å². The van der Waals surface area contributed by atoms with Gasteiger partial charge in [0.25, 0.3) is 0 Å². The predicted octanol–water partition coefficient (Wildman–Crippen LogP) is 1.28. The average molecular weight is 310 g/mol. The number of carbonyl (C=O) groups is 2. The van der Waals surface area contributed by atoms with Crippen molar-refractivity contribution in [3.63, 3.8) is 0 Å². The molecule has 0 heterocycles. The van der Waals surface area contributed by atoms with Crippen LogP contribution in [0.3, 0.4) is 0 Å². The number of methoxy groups -OCH3 is 1. The predicted molar refractivity (Wildman–Crippen MR) is 78.4 cm³/mol. The van der Waals surface area contributed by atoms with Gasteiger partial charge in [0.1, 0.15) is 5.56 Å². The second kappa shape index (κ2) is 6.55. The number of aromatic hydroxyl groups is 1. The van der Waals surface area contributed by atoms with E-state index in [4.69, 9.17) is 9.47 Å². The Balaban J connectivity index is 3.76. The zero-order valence-electron chi connectivity index (χ0n) is 13.3. The van der Waals surface area contributed by atoms with Crippen molar-refractivity contribution in [3.05, 3.63) is 22.1 Å². The Morgan fingerprint density at radius 3 is 2.32 bits per heavy atom. The smallest absolute Gasteiger partial charge is 0.339 e. The summed E-state index contributed by atoms with van der Waals surface area (Å²) in [6, 6.07) is 1.19. The van der Waals surface area contributed by atoms with Crippen molar-refractivity contribution in [1.29, 1.82) is 0 Å². The Hall–Kier alpha value is -2.44. The summed E-state index contributed by atoms with van der Waals surface area (Å²) in [5, 5.41) is 11.5. The zero-order valence-corrected chi connectivity index (χ0v) is 13.3. The van der Waals surface area contributed by atoms with E-state index < -0.39 is 28.6 Å². The first-order chi connectivity index (χ1) is 10.2. The van der Waals surface area contributed by atoms with E-state index in [1.54, 1.807) is 27.7 Å². The summed E-state index contributed by atoms with van der Waals surface area (Å²) in [6.07, 6.45) is 0. The number of ether oxygens (including phenoxy) is 2. The molecule has 0 spiro atoms. The van der Waals surface area contributed by atoms with Gasteiger partial charge in [0.05, 0.1) is 19.3 Å². The number of benzene rings is 1. The summed E-state index contributed by atoms with van der Waals surface area (Å²) in [5.41, 5.74) is -1.61. The number of nitroso groups, excluding NO2 is 1. The van der Waals surface area contributed by atoms with E-state index in [9.17, 15) is 19.6 Å². The molecule has 0 aromatic heterocycles. The number of Topliss-reactive ketones (excluding diaryl/α,β-unsaturated/α-hetero) is 1. The molecule has 1 aromatic rings. The fourth-order valence-electron chi connectivity index (χ4n) is 1.88. The summed E-state index contributed by atoms with van der Waals surface area (Å²) in [4.78, 5) is 35.9. The van der Waals surface area contributed by atoms with E-state index in [-0.39, 0.29) is 23.5 Å². The number of phenols is 1. The molecule has 0 amide bonds. The van der Waals surface area contributed by atoms with Crippen LogP contribution in [0.1, 0.15) is 48.4 Å². The molecule has 0 aliphatic heterocycles. The maximum absolute atomic E-state index is 12.6. The number of esters is 1. The Kier molecular flexibility index (Phi) is 5.24. The fraction of sp³-hybridized carbons (Fsp3) is 0.467. The van der Waals surface area contributed by atoms with Crippen LogP contribution in [-0.2, 0) is 4.74 Å². The second-order valence-corrected chi connectivity index (χ2v) is 5.63. The third-order valence-electron chi connectivity index (χ3n) is 2.99. The largest absolute Gasteiger partial charge is 0.500 e. The van der Waals surface area contributed by atoms with E-state index in [0.29, 0.717) is 0 Å². The van der Waals surface area contributed by atoms with Crippen LogP contribution in [0.2, 0.25) is 0 Å². The number of phenolic OH excluding ortho intramolecular Hbond substituents is 1. The number of hydrogen-bond donors (Lipinski definition) is 2. The van der Waals surface area contributed by atoms with Crippen LogP contribution in [0.25, 0.3) is 0 Å². The van der Waals surface area contributed by atoms with Crippen LogP contribution in [0, 0.1) is 10.3 Å². The molecule has 0 aliphatic rings. The second-order valence-electron chi connectivity index (χ2n) is 5.63. The fourth-order valence-corrected chi connectivity index (χ4v) is 1.88. The number of ketones is 1. The molecule has 7 heteroatoms. The molecule has 0 saturated heterocycles. The van der Waals surface area contributed by atoms with Crippen LogP contribution in [-0.4, -0.2) is 30.6 Å². The van der Waals surface area contributed by atoms with Gasteiger partial charge < -0.3 is 14.6 Å². The lowest BCUT2D eigenvalue weighted by atomic mass is 9.83. The SMILES string of the molecule is CCOC(=O)c1cc(OC)c(O)c([NH+]=O)c1C(=O)C(C)(C)C. The first-order valence-electron chi connectivity index (χ1n) is 6.73. The Morgan fingerprint density at radius 2 is 1.91 bits per heavy atom. The van der Waals surface area contributed by atoms with Crippen molar-refractivity contribution in [1.82, 2.24) is 0 Å². The number of hydrogen-bond acceptors (Lipinski definition) is 6. The molecule has 0 radical (unpaired) electrons. The molecule has 1 aromatic carbocycles. The van der Waals surface area contributed by atoms with Crippen LogP contribution in [0.4, 0.5) is 5.69 Å². The summed E-state index contributed by atoms with van der Waals surface area (Å²) < 4.78 is 9.84. The van der Waals surface area contributed by atoms with E-state index in [2.05, 4.69) is 0 Å². The highest BCUT2D eigenvalue weighted by atomic mass is 16.5. The molecule has 22 heavy (non-hydrogen) atoms. The normalized spacial score (nSPS) is 11.0. The van der Waals surface area contributed by atoms with Crippen molar-refractivity contribution in [3.8, 4) is 11.5 Å². The van der Waals surface area contributed by atoms with Crippen molar-refractivity contribution < 1.29 is 29.3 Å². The van der Waals surface area contributed by atoms with Gasteiger partial charge in [0.2, 0.25) is 5.75 Å². The Labute approximate surface area is 128 Å². The average Bonchev–Trinajstić information content (AvgIpc) is 2.45. The van der Waals surface area contributed by atoms with Gasteiger partial charge in [-0.1, -0.05) is 20.8 Å². The monoisotopic (exact) mass is 310 g/mol. The molecule has 0 bridgehead atoms. The first-order valence-corrected chi connectivity index (χ1v) is 6.73. The summed E-state index contributed by atoms with van der Waals surface area (Å²) >= 11 is 0. The topological polar surface area (TPSA) is 104 Å². The molecule has 0 unspecified atom stereocenters. The molecular formula is C15H20NO6+. The highest BCUT2D eigenvalue weighted by Crippen LogP contribution is 2.39. The molecule has 0 saturated carbocycles. The lowest BCUT2D eigenvalue weighted by molar-refractivity contribution is -0.380. The number of nitrogens with one attached hydrogen (secondary N) is 1. The maximum Gasteiger partial charge on any atom is 0.339 e. The number of rotatable bonds is 5. The van der Waals surface area contributed by atoms with Crippen LogP contribution >= 0.6 is 0 Å². The van der Waals surface area contributed by atoms with Gasteiger partial charge in [-0.25, -0.2) is 4.79 Å². The quantitative estimate of drug-likeness (QED) is 0.482. The molecule has 0 fully saturated rings. The highest BCUT2D eigenvalue weighted by Gasteiger charge is 2.36. The molecular weight excluding hydrogens is 290 g/mol. The minimum atomic E-state index is -0.867. The molecule has 0 aliphatic carbocycles. The summed E-state index contributed by atoms with van der Waals surface area (Å²) in [6.45, 7) is 6.64. The lowest BCUT2D eigenvalue weighted by Gasteiger charge is -2.19. The van der Waals surface area contributed by atoms with Gasteiger partial charge in [0.15, 0.2) is 11.5 Å². The Morgan fingerprint density at radius 1 is 1.32 bits per heavy atom. The first kappa shape index (κ1) is 17.6. The van der Waals surface area contributed by atoms with Crippen molar-refractivity contribution in [2.45, 2.75) is 27.7 Å². The van der Waals surface area contributed by atoms with Gasteiger partial charge in [-0.2, -0.15) is 0 Å². The van der Waals surface area contributed by atoms with Gasteiger partial charge >= 0.3 is 11.7 Å². The van der Waals surface area contributed by atoms with E-state index in [1.807, 2.05) is 0 Å². The molecule has 120 valence electrons. The number of carbonyl (C=O) groups excluding carboxylic acids is 2. The van der Waals surface area contributed by atoms with Gasteiger partial charge in [0, 0.05) is 15.5 Å². The standard InChI is InChI=1S/C15H19NO6/c1-6-22-14(19)8-7-9(21-5)12(17)11(16-20)10(8)13(18)15(2,3)4/h7,17H,6H2,1-5H3/p+1. The Bertz CT molecular complexity index is 615. The van der Waals surface area contributed by atoms with Crippen LogP contribution in [0.5, 0.6) is 11.5 Å². The van der Waals surface area contributed by atoms with Gasteiger partial charge in [-0.15, -0.1) is 0 Å².